The van der Waals surface area contributed by atoms with E-state index in [4.69, 9.17) is 4.52 Å². The van der Waals surface area contributed by atoms with E-state index in [2.05, 4.69) is 15.2 Å². The van der Waals surface area contributed by atoms with E-state index in [1.165, 1.54) is 0 Å². The largest absolute Gasteiger partial charge is 0.417 e. The van der Waals surface area contributed by atoms with Gasteiger partial charge in [0.15, 0.2) is 0 Å². The van der Waals surface area contributed by atoms with E-state index in [1.54, 1.807) is 28.8 Å². The molecule has 4 rings (SSSR count). The number of likely N-dealkylation sites (tertiary alicyclic amines) is 1. The van der Waals surface area contributed by atoms with E-state index in [9.17, 15) is 18.0 Å². The molecule has 31 heavy (non-hydrogen) atoms. The molecule has 4 heterocycles. The summed E-state index contributed by atoms with van der Waals surface area (Å²) < 4.78 is 48.1. The van der Waals surface area contributed by atoms with Crippen molar-refractivity contribution in [3.63, 3.8) is 0 Å². The lowest BCUT2D eigenvalue weighted by atomic mass is 9.90. The molecule has 0 saturated carbocycles. The van der Waals surface area contributed by atoms with Gasteiger partial charge in [0.2, 0.25) is 5.91 Å². The highest BCUT2D eigenvalue weighted by atomic mass is 19.4. The first-order valence-corrected chi connectivity index (χ1v) is 10.4. The van der Waals surface area contributed by atoms with Gasteiger partial charge in [-0.2, -0.15) is 18.3 Å². The van der Waals surface area contributed by atoms with Crippen LogP contribution < -0.4 is 0 Å². The highest BCUT2D eigenvalue weighted by Crippen LogP contribution is 2.40. The summed E-state index contributed by atoms with van der Waals surface area (Å²) in [6.07, 6.45) is 0.361. The monoisotopic (exact) mass is 435 g/mol. The lowest BCUT2D eigenvalue weighted by Gasteiger charge is -2.33. The van der Waals surface area contributed by atoms with Crippen molar-refractivity contribution in [3.05, 3.63) is 41.5 Å². The molecule has 1 amide bonds. The van der Waals surface area contributed by atoms with Crippen LogP contribution in [-0.2, 0) is 23.9 Å². The van der Waals surface area contributed by atoms with Crippen molar-refractivity contribution in [2.75, 3.05) is 13.1 Å². The molecule has 1 atom stereocenters. The summed E-state index contributed by atoms with van der Waals surface area (Å²) in [5.41, 5.74) is -0.228. The zero-order chi connectivity index (χ0) is 22.2. The van der Waals surface area contributed by atoms with Crippen molar-refractivity contribution in [2.45, 2.75) is 51.7 Å². The molecule has 3 aromatic rings. The predicted molar refractivity (Wildman–Crippen MR) is 106 cm³/mol. The second-order valence-electron chi connectivity index (χ2n) is 7.99. The Balaban J connectivity index is 1.50. The maximum Gasteiger partial charge on any atom is 0.417 e. The smallest absolute Gasteiger partial charge is 0.342 e. The number of nitrogens with zero attached hydrogens (tertiary/aromatic N) is 5. The molecule has 1 fully saturated rings. The van der Waals surface area contributed by atoms with E-state index in [0.717, 1.165) is 6.07 Å². The molecule has 0 aromatic carbocycles. The average Bonchev–Trinajstić information content (AvgIpc) is 3.41. The van der Waals surface area contributed by atoms with Gasteiger partial charge in [-0.3, -0.25) is 9.48 Å². The molecule has 0 spiro atoms. The lowest BCUT2D eigenvalue weighted by molar-refractivity contribution is -0.137. The summed E-state index contributed by atoms with van der Waals surface area (Å²) in [4.78, 5) is 18.7. The molecule has 10 heteroatoms. The summed E-state index contributed by atoms with van der Waals surface area (Å²) in [6, 6.07) is 2.89. The van der Waals surface area contributed by atoms with Crippen LogP contribution in [0.4, 0.5) is 13.2 Å². The minimum atomic E-state index is -4.52. The molecular weight excluding hydrogens is 411 g/mol. The minimum absolute atomic E-state index is 0.0178. The van der Waals surface area contributed by atoms with Crippen LogP contribution in [0.2, 0.25) is 0 Å². The fraction of sp³-hybridized carbons (Fsp3) is 0.524. The van der Waals surface area contributed by atoms with Gasteiger partial charge in [0, 0.05) is 37.1 Å². The number of fused-ring (bicyclic) bond motifs is 1. The van der Waals surface area contributed by atoms with E-state index < -0.39 is 11.7 Å². The van der Waals surface area contributed by atoms with Gasteiger partial charge >= 0.3 is 6.18 Å². The third kappa shape index (κ3) is 4.28. The second kappa shape index (κ2) is 8.32. The van der Waals surface area contributed by atoms with E-state index in [1.807, 2.05) is 13.1 Å². The Bertz CT molecular complexity index is 1050. The van der Waals surface area contributed by atoms with E-state index in [-0.39, 0.29) is 34.5 Å². The number of hydrogen-bond donors (Lipinski definition) is 0. The normalized spacial score (nSPS) is 16.7. The fourth-order valence-electron chi connectivity index (χ4n) is 4.16. The Hall–Kier alpha value is -2.91. The minimum Gasteiger partial charge on any atom is -0.342 e. The average molecular weight is 435 g/mol. The number of aryl methyl sites for hydroxylation is 1. The van der Waals surface area contributed by atoms with Crippen molar-refractivity contribution in [3.8, 4) is 0 Å². The van der Waals surface area contributed by atoms with Gasteiger partial charge in [0.1, 0.15) is 0 Å². The molecule has 1 aliphatic heterocycles. The number of halogens is 3. The molecule has 1 saturated heterocycles. The Morgan fingerprint density at radius 3 is 2.68 bits per heavy atom. The first-order chi connectivity index (χ1) is 14.8. The van der Waals surface area contributed by atoms with E-state index in [0.29, 0.717) is 44.6 Å². The van der Waals surface area contributed by atoms with Crippen molar-refractivity contribution in [1.82, 2.24) is 24.8 Å². The number of pyridine rings is 1. The van der Waals surface area contributed by atoms with Gasteiger partial charge in [-0.05, 0) is 31.4 Å². The topological polar surface area (TPSA) is 77.0 Å². The van der Waals surface area contributed by atoms with Crippen molar-refractivity contribution in [2.24, 2.45) is 5.92 Å². The number of carbonyl (C=O) groups excluding carboxylic acids is 1. The molecule has 0 unspecified atom stereocenters. The summed E-state index contributed by atoms with van der Waals surface area (Å²) in [5, 5.41) is 8.05. The number of amides is 1. The molecule has 0 N–H and O–H groups in total. The molecule has 0 aliphatic carbocycles. The number of rotatable bonds is 5. The Kier molecular flexibility index (Phi) is 5.72. The van der Waals surface area contributed by atoms with Crippen molar-refractivity contribution in [1.29, 1.82) is 0 Å². The maximum atomic E-state index is 13.7. The van der Waals surface area contributed by atoms with Gasteiger partial charge in [-0.1, -0.05) is 19.0 Å². The third-order valence-electron chi connectivity index (χ3n) is 5.83. The van der Waals surface area contributed by atoms with Crippen LogP contribution in [0.1, 0.15) is 49.6 Å². The predicted octanol–water partition coefficient (Wildman–Crippen LogP) is 4.04. The summed E-state index contributed by atoms with van der Waals surface area (Å²) in [7, 11) is 0. The summed E-state index contributed by atoms with van der Waals surface area (Å²) >= 11 is 0. The first kappa shape index (κ1) is 21.3. The molecule has 0 bridgehead atoms. The quantitative estimate of drug-likeness (QED) is 0.605. The van der Waals surface area contributed by atoms with Crippen molar-refractivity contribution < 1.29 is 22.5 Å². The lowest BCUT2D eigenvalue weighted by Crippen LogP contribution is -2.41. The molecule has 0 radical (unpaired) electrons. The number of piperidine rings is 1. The highest BCUT2D eigenvalue weighted by Gasteiger charge is 2.38. The Morgan fingerprint density at radius 1 is 1.32 bits per heavy atom. The molecule has 1 aliphatic rings. The number of hydrogen-bond acceptors (Lipinski definition) is 5. The molecule has 7 nitrogen and oxygen atoms in total. The van der Waals surface area contributed by atoms with Crippen LogP contribution >= 0.6 is 0 Å². The van der Waals surface area contributed by atoms with Gasteiger partial charge < -0.3 is 9.42 Å². The van der Waals surface area contributed by atoms with E-state index >= 15 is 0 Å². The highest BCUT2D eigenvalue weighted by molar-refractivity contribution is 5.82. The van der Waals surface area contributed by atoms with Crippen LogP contribution in [-0.4, -0.2) is 43.8 Å². The standard InChI is InChI=1S/C21H24F3N5O2/c1-3-15-11-16(21(22,23)24)17-18(27-31-19(17)26-15)14-5-9-28(10-6-14)20(30)13(2)12-29-8-4-7-25-29/h4,7-8,11,13-14H,3,5-6,9-10,12H2,1-2H3/t13-/m0/s1. The third-order valence-corrected chi connectivity index (χ3v) is 5.83. The zero-order valence-corrected chi connectivity index (χ0v) is 17.4. The van der Waals surface area contributed by atoms with Crippen LogP contribution in [0, 0.1) is 5.92 Å². The summed E-state index contributed by atoms with van der Waals surface area (Å²) in [5.74, 6) is -0.441. The summed E-state index contributed by atoms with van der Waals surface area (Å²) in [6.45, 7) is 5.01. The Morgan fingerprint density at radius 2 is 2.06 bits per heavy atom. The SMILES string of the molecule is CCc1cc(C(F)(F)F)c2c(C3CCN(C(=O)[C@@H](C)Cn4cccn4)CC3)noc2n1. The van der Waals surface area contributed by atoms with Gasteiger partial charge in [0.25, 0.3) is 5.71 Å². The number of carbonyl (C=O) groups is 1. The van der Waals surface area contributed by atoms with Crippen LogP contribution in [0.25, 0.3) is 11.1 Å². The van der Waals surface area contributed by atoms with Crippen LogP contribution in [0.5, 0.6) is 0 Å². The van der Waals surface area contributed by atoms with Gasteiger partial charge in [-0.25, -0.2) is 4.98 Å². The number of alkyl halides is 3. The fourth-order valence-corrected chi connectivity index (χ4v) is 4.16. The molecular formula is C21H24F3N5O2. The maximum absolute atomic E-state index is 13.7. The van der Waals surface area contributed by atoms with Crippen molar-refractivity contribution >= 4 is 17.0 Å². The van der Waals surface area contributed by atoms with Gasteiger partial charge in [-0.15, -0.1) is 0 Å². The van der Waals surface area contributed by atoms with Crippen LogP contribution in [0.3, 0.4) is 0 Å². The molecule has 166 valence electrons. The van der Waals surface area contributed by atoms with Gasteiger partial charge in [0.05, 0.1) is 29.1 Å². The van der Waals surface area contributed by atoms with Crippen LogP contribution in [0.15, 0.2) is 29.0 Å². The zero-order valence-electron chi connectivity index (χ0n) is 17.4. The number of aromatic nitrogens is 4. The second-order valence-corrected chi connectivity index (χ2v) is 7.99. The molecule has 3 aromatic heterocycles. The first-order valence-electron chi connectivity index (χ1n) is 10.4. The Labute approximate surface area is 177 Å².